The van der Waals surface area contributed by atoms with Crippen molar-refractivity contribution in [3.8, 4) is 0 Å². The molecule has 0 amide bonds. The maximum Gasteiger partial charge on any atom is 0.313 e. The number of unbranched alkanes of at least 4 members (excludes halogenated alkanes) is 11. The molecule has 1 aliphatic heterocycles. The minimum absolute atomic E-state index is 0.0164. The van der Waals surface area contributed by atoms with E-state index in [1.165, 1.54) is 64.2 Å². The number of hydrogen-bond acceptors (Lipinski definition) is 5. The van der Waals surface area contributed by atoms with Crippen molar-refractivity contribution < 1.29 is 24.2 Å². The summed E-state index contributed by atoms with van der Waals surface area (Å²) >= 11 is 0. The maximum atomic E-state index is 11.9. The zero-order chi connectivity index (χ0) is 18.3. The molecule has 5 heteroatoms. The van der Waals surface area contributed by atoms with Gasteiger partial charge in [0.15, 0.2) is 0 Å². The molecule has 1 fully saturated rings. The van der Waals surface area contributed by atoms with Crippen molar-refractivity contribution in [2.45, 2.75) is 96.5 Å². The molecular weight excluding hydrogens is 320 g/mol. The Hall–Kier alpha value is -1.10. The molecule has 0 aromatic rings. The number of cyclic esters (lactones) is 1. The second-order valence-electron chi connectivity index (χ2n) is 7.08. The largest absolute Gasteiger partial charge is 0.465 e. The molecule has 0 aromatic heterocycles. The fourth-order valence-electron chi connectivity index (χ4n) is 3.23. The Bertz CT molecular complexity index is 369. The van der Waals surface area contributed by atoms with Gasteiger partial charge in [-0.3, -0.25) is 9.59 Å². The summed E-state index contributed by atoms with van der Waals surface area (Å²) < 4.78 is 10.1. The van der Waals surface area contributed by atoms with E-state index in [0.717, 1.165) is 12.8 Å². The molecule has 25 heavy (non-hydrogen) atoms. The number of carbonyl (C=O) groups excluding carboxylic acids is 2. The standard InChI is InChI=1S/C20H36O5/c1-2-3-4-5-6-7-8-9-10-11-12-13-14-24-20(23)17-15-19(22)25-18(17)16-21/h17-18,21H,2-16H2,1H3/t17-,18+/m1/s1. The van der Waals surface area contributed by atoms with E-state index in [1.807, 2.05) is 0 Å². The topological polar surface area (TPSA) is 72.8 Å². The van der Waals surface area contributed by atoms with E-state index in [0.29, 0.717) is 6.61 Å². The van der Waals surface area contributed by atoms with Gasteiger partial charge in [-0.2, -0.15) is 0 Å². The third-order valence-corrected chi connectivity index (χ3v) is 4.84. The van der Waals surface area contributed by atoms with E-state index >= 15 is 0 Å². The van der Waals surface area contributed by atoms with Crippen molar-refractivity contribution in [1.29, 1.82) is 0 Å². The highest BCUT2D eigenvalue weighted by atomic mass is 16.6. The average molecular weight is 357 g/mol. The molecule has 1 N–H and O–H groups in total. The first-order valence-corrected chi connectivity index (χ1v) is 10.2. The van der Waals surface area contributed by atoms with E-state index in [-0.39, 0.29) is 13.0 Å². The van der Waals surface area contributed by atoms with Gasteiger partial charge in [-0.05, 0) is 6.42 Å². The van der Waals surface area contributed by atoms with Gasteiger partial charge < -0.3 is 14.6 Å². The molecule has 2 atom stereocenters. The summed E-state index contributed by atoms with van der Waals surface area (Å²) in [6, 6.07) is 0. The molecule has 0 bridgehead atoms. The highest BCUT2D eigenvalue weighted by Crippen LogP contribution is 2.23. The second kappa shape index (κ2) is 14.1. The Labute approximate surface area is 152 Å². The molecule has 0 aliphatic carbocycles. The SMILES string of the molecule is CCCCCCCCCCCCCCOC(=O)[C@@H]1CC(=O)O[C@H]1CO. The lowest BCUT2D eigenvalue weighted by molar-refractivity contribution is -0.151. The monoisotopic (exact) mass is 356 g/mol. The Morgan fingerprint density at radius 2 is 1.52 bits per heavy atom. The number of hydrogen-bond donors (Lipinski definition) is 1. The first-order valence-electron chi connectivity index (χ1n) is 10.2. The zero-order valence-corrected chi connectivity index (χ0v) is 15.8. The zero-order valence-electron chi connectivity index (χ0n) is 15.8. The number of aliphatic hydroxyl groups is 1. The summed E-state index contributed by atoms with van der Waals surface area (Å²) in [5.41, 5.74) is 0. The molecule has 0 aromatic carbocycles. The van der Waals surface area contributed by atoms with Gasteiger partial charge in [0.25, 0.3) is 0 Å². The van der Waals surface area contributed by atoms with Crippen LogP contribution in [0.4, 0.5) is 0 Å². The molecule has 0 radical (unpaired) electrons. The van der Waals surface area contributed by atoms with Crippen molar-refractivity contribution in [3.05, 3.63) is 0 Å². The predicted molar refractivity (Wildman–Crippen MR) is 97.1 cm³/mol. The summed E-state index contributed by atoms with van der Waals surface area (Å²) in [6.45, 7) is 2.31. The predicted octanol–water partition coefficient (Wildman–Crippen LogP) is 4.15. The minimum atomic E-state index is -0.734. The lowest BCUT2D eigenvalue weighted by atomic mass is 10.0. The van der Waals surface area contributed by atoms with Crippen LogP contribution in [-0.4, -0.2) is 36.4 Å². The number of esters is 2. The van der Waals surface area contributed by atoms with Crippen LogP contribution in [-0.2, 0) is 19.1 Å². The lowest BCUT2D eigenvalue weighted by Crippen LogP contribution is -2.29. The molecule has 5 nitrogen and oxygen atoms in total. The molecule has 1 heterocycles. The van der Waals surface area contributed by atoms with Gasteiger partial charge in [0.1, 0.15) is 12.0 Å². The summed E-state index contributed by atoms with van der Waals surface area (Å²) in [5, 5.41) is 9.10. The van der Waals surface area contributed by atoms with E-state index < -0.39 is 24.0 Å². The fourth-order valence-corrected chi connectivity index (χ4v) is 3.23. The molecule has 1 saturated heterocycles. The van der Waals surface area contributed by atoms with Crippen LogP contribution in [0.25, 0.3) is 0 Å². The normalized spacial score (nSPS) is 19.8. The molecule has 146 valence electrons. The first kappa shape index (κ1) is 21.9. The van der Waals surface area contributed by atoms with Crippen LogP contribution in [0.1, 0.15) is 90.4 Å². The second-order valence-corrected chi connectivity index (χ2v) is 7.08. The fraction of sp³-hybridized carbons (Fsp3) is 0.900. The summed E-state index contributed by atoms with van der Waals surface area (Å²) in [5.74, 6) is -1.51. The molecule has 0 spiro atoms. The Morgan fingerprint density at radius 3 is 2.04 bits per heavy atom. The van der Waals surface area contributed by atoms with Crippen LogP contribution >= 0.6 is 0 Å². The van der Waals surface area contributed by atoms with Crippen molar-refractivity contribution >= 4 is 11.9 Å². The lowest BCUT2D eigenvalue weighted by Gasteiger charge is -2.14. The van der Waals surface area contributed by atoms with Crippen molar-refractivity contribution in [2.24, 2.45) is 5.92 Å². The Morgan fingerprint density at radius 1 is 1.00 bits per heavy atom. The molecule has 1 rings (SSSR count). The summed E-state index contributed by atoms with van der Waals surface area (Å²) in [6.07, 6.45) is 14.4. The van der Waals surface area contributed by atoms with E-state index in [9.17, 15) is 9.59 Å². The maximum absolute atomic E-state index is 11.9. The first-order chi connectivity index (χ1) is 12.2. The third-order valence-electron chi connectivity index (χ3n) is 4.84. The van der Waals surface area contributed by atoms with Crippen LogP contribution in [0.5, 0.6) is 0 Å². The minimum Gasteiger partial charge on any atom is -0.465 e. The van der Waals surface area contributed by atoms with Crippen molar-refractivity contribution in [2.75, 3.05) is 13.2 Å². The number of ether oxygens (including phenoxy) is 2. The van der Waals surface area contributed by atoms with Gasteiger partial charge in [0.2, 0.25) is 0 Å². The molecule has 0 saturated carbocycles. The van der Waals surface area contributed by atoms with Crippen LogP contribution in [0.15, 0.2) is 0 Å². The van der Waals surface area contributed by atoms with Crippen LogP contribution in [0.3, 0.4) is 0 Å². The molecule has 0 unspecified atom stereocenters. The number of carbonyl (C=O) groups is 2. The van der Waals surface area contributed by atoms with E-state index in [1.54, 1.807) is 0 Å². The quantitative estimate of drug-likeness (QED) is 0.352. The molecular formula is C20H36O5. The van der Waals surface area contributed by atoms with Crippen molar-refractivity contribution in [1.82, 2.24) is 0 Å². The van der Waals surface area contributed by atoms with Crippen LogP contribution < -0.4 is 0 Å². The Kier molecular flexibility index (Phi) is 12.4. The highest BCUT2D eigenvalue weighted by molar-refractivity contribution is 5.83. The summed E-state index contributed by atoms with van der Waals surface area (Å²) in [7, 11) is 0. The number of aliphatic hydroxyl groups excluding tert-OH is 1. The summed E-state index contributed by atoms with van der Waals surface area (Å²) in [4.78, 5) is 23.1. The van der Waals surface area contributed by atoms with Crippen molar-refractivity contribution in [3.63, 3.8) is 0 Å². The van der Waals surface area contributed by atoms with Crippen LogP contribution in [0, 0.1) is 5.92 Å². The van der Waals surface area contributed by atoms with E-state index in [2.05, 4.69) is 6.92 Å². The number of rotatable bonds is 15. The van der Waals surface area contributed by atoms with Crippen LogP contribution in [0.2, 0.25) is 0 Å². The van der Waals surface area contributed by atoms with Gasteiger partial charge in [0.05, 0.1) is 19.6 Å². The van der Waals surface area contributed by atoms with E-state index in [4.69, 9.17) is 14.6 Å². The van der Waals surface area contributed by atoms with Gasteiger partial charge >= 0.3 is 11.9 Å². The molecule has 1 aliphatic rings. The Balaban J connectivity index is 1.88. The third kappa shape index (κ3) is 9.83. The van der Waals surface area contributed by atoms with Gasteiger partial charge in [0, 0.05) is 0 Å². The van der Waals surface area contributed by atoms with Gasteiger partial charge in [-0.15, -0.1) is 0 Å². The van der Waals surface area contributed by atoms with Gasteiger partial charge in [-0.1, -0.05) is 77.6 Å². The average Bonchev–Trinajstić information content (AvgIpc) is 3.00. The smallest absolute Gasteiger partial charge is 0.313 e. The highest BCUT2D eigenvalue weighted by Gasteiger charge is 2.40. The van der Waals surface area contributed by atoms with Gasteiger partial charge in [-0.25, -0.2) is 0 Å².